The van der Waals surface area contributed by atoms with Crippen LogP contribution in [0.4, 0.5) is 0 Å². The summed E-state index contributed by atoms with van der Waals surface area (Å²) in [5.74, 6) is 0.541. The Kier molecular flexibility index (Phi) is 2.90. The van der Waals surface area contributed by atoms with Crippen LogP contribution in [0, 0.1) is 0 Å². The van der Waals surface area contributed by atoms with Crippen LogP contribution in [0.5, 0.6) is 0 Å². The Morgan fingerprint density at radius 1 is 1.00 bits per heavy atom. The summed E-state index contributed by atoms with van der Waals surface area (Å²) in [5, 5.41) is 4.45. The van der Waals surface area contributed by atoms with Gasteiger partial charge in [-0.05, 0) is 18.2 Å². The summed E-state index contributed by atoms with van der Waals surface area (Å²) in [6.45, 7) is 0. The molecule has 0 saturated heterocycles. The average Bonchev–Trinajstić information content (AvgIpc) is 2.98. The van der Waals surface area contributed by atoms with Gasteiger partial charge in [-0.3, -0.25) is 4.79 Å². The van der Waals surface area contributed by atoms with Crippen molar-refractivity contribution in [1.29, 1.82) is 0 Å². The second-order valence-electron chi connectivity index (χ2n) is 4.05. The number of hydrogen-bond acceptors (Lipinski definition) is 3. The molecule has 0 N–H and O–H groups in total. The van der Waals surface area contributed by atoms with Crippen molar-refractivity contribution in [2.24, 2.45) is 0 Å². The molecule has 3 aromatic rings. The molecular weight excluding hydrogens is 238 g/mol. The van der Waals surface area contributed by atoms with Gasteiger partial charge >= 0.3 is 0 Å². The topological polar surface area (TPSA) is 47.8 Å². The molecule has 19 heavy (non-hydrogen) atoms. The van der Waals surface area contributed by atoms with Gasteiger partial charge in [-0.1, -0.05) is 30.3 Å². The van der Waals surface area contributed by atoms with Crippen molar-refractivity contribution in [2.45, 2.75) is 0 Å². The lowest BCUT2D eigenvalue weighted by atomic mass is 10.2. The zero-order chi connectivity index (χ0) is 13.1. The zero-order valence-corrected chi connectivity index (χ0v) is 10.1. The van der Waals surface area contributed by atoms with Crippen LogP contribution >= 0.6 is 0 Å². The van der Waals surface area contributed by atoms with Crippen molar-refractivity contribution in [2.75, 3.05) is 0 Å². The van der Waals surface area contributed by atoms with E-state index in [1.807, 2.05) is 36.4 Å². The van der Waals surface area contributed by atoms with Crippen LogP contribution in [0.2, 0.25) is 0 Å². The van der Waals surface area contributed by atoms with Crippen molar-refractivity contribution in [3.8, 4) is 17.1 Å². The molecule has 3 rings (SSSR count). The summed E-state index contributed by atoms with van der Waals surface area (Å²) in [6, 6.07) is 15.2. The van der Waals surface area contributed by atoms with E-state index >= 15 is 0 Å². The molecule has 4 nitrogen and oxygen atoms in total. The van der Waals surface area contributed by atoms with Crippen molar-refractivity contribution >= 4 is 6.29 Å². The monoisotopic (exact) mass is 249 g/mol. The molecule has 0 amide bonds. The summed E-state index contributed by atoms with van der Waals surface area (Å²) < 4.78 is 1.62. The molecular formula is C15H11N3O. The number of pyridine rings is 1. The van der Waals surface area contributed by atoms with Crippen LogP contribution < -0.4 is 0 Å². The van der Waals surface area contributed by atoms with E-state index in [-0.39, 0.29) is 0 Å². The summed E-state index contributed by atoms with van der Waals surface area (Å²) in [6.07, 6.45) is 4.23. The van der Waals surface area contributed by atoms with E-state index in [9.17, 15) is 4.79 Å². The number of benzene rings is 1. The third kappa shape index (κ3) is 2.15. The standard InChI is InChI=1S/C15H11N3O/c19-11-13-7-4-9-16-15(13)18-10-8-14(17-18)12-5-2-1-3-6-12/h1-11H. The first-order chi connectivity index (χ1) is 9.38. The maximum Gasteiger partial charge on any atom is 0.163 e. The lowest BCUT2D eigenvalue weighted by molar-refractivity contribution is 0.112. The highest BCUT2D eigenvalue weighted by atomic mass is 16.1. The van der Waals surface area contributed by atoms with E-state index < -0.39 is 0 Å². The predicted octanol–water partition coefficient (Wildman–Crippen LogP) is 2.75. The van der Waals surface area contributed by atoms with Gasteiger partial charge in [0, 0.05) is 18.0 Å². The van der Waals surface area contributed by atoms with Crippen LogP contribution in [-0.4, -0.2) is 21.1 Å². The fraction of sp³-hybridized carbons (Fsp3) is 0. The quantitative estimate of drug-likeness (QED) is 0.670. The van der Waals surface area contributed by atoms with Crippen molar-refractivity contribution in [3.05, 3.63) is 66.5 Å². The van der Waals surface area contributed by atoms with E-state index in [4.69, 9.17) is 0 Å². The Morgan fingerprint density at radius 2 is 1.84 bits per heavy atom. The highest BCUT2D eigenvalue weighted by Crippen LogP contribution is 2.18. The Balaban J connectivity index is 2.04. The van der Waals surface area contributed by atoms with Gasteiger partial charge in [0.25, 0.3) is 0 Å². The molecule has 0 fully saturated rings. The molecule has 2 aromatic heterocycles. The molecule has 0 aliphatic rings. The van der Waals surface area contributed by atoms with Crippen LogP contribution in [0.25, 0.3) is 17.1 Å². The molecule has 92 valence electrons. The second kappa shape index (κ2) is 4.86. The van der Waals surface area contributed by atoms with Crippen LogP contribution in [0.15, 0.2) is 60.9 Å². The Bertz CT molecular complexity index is 704. The maximum atomic E-state index is 11.0. The Morgan fingerprint density at radius 3 is 2.63 bits per heavy atom. The minimum atomic E-state index is 0.519. The molecule has 1 aromatic carbocycles. The Hall–Kier alpha value is -2.75. The molecule has 0 radical (unpaired) electrons. The number of carbonyl (C=O) groups excluding carboxylic acids is 1. The SMILES string of the molecule is O=Cc1cccnc1-n1ccc(-c2ccccc2)n1. The highest BCUT2D eigenvalue weighted by molar-refractivity contribution is 5.79. The number of carbonyl (C=O) groups is 1. The second-order valence-corrected chi connectivity index (χ2v) is 4.05. The van der Waals surface area contributed by atoms with Gasteiger partial charge in [-0.25, -0.2) is 9.67 Å². The van der Waals surface area contributed by atoms with Crippen molar-refractivity contribution < 1.29 is 4.79 Å². The van der Waals surface area contributed by atoms with Gasteiger partial charge in [0.05, 0.1) is 11.3 Å². The van der Waals surface area contributed by atoms with E-state index in [1.165, 1.54) is 0 Å². The summed E-state index contributed by atoms with van der Waals surface area (Å²) >= 11 is 0. The molecule has 0 atom stereocenters. The molecule has 4 heteroatoms. The first kappa shape index (κ1) is 11.3. The molecule has 2 heterocycles. The van der Waals surface area contributed by atoms with Crippen molar-refractivity contribution in [3.63, 3.8) is 0 Å². The smallest absolute Gasteiger partial charge is 0.163 e. The first-order valence-electron chi connectivity index (χ1n) is 5.90. The zero-order valence-electron chi connectivity index (χ0n) is 10.1. The number of aromatic nitrogens is 3. The third-order valence-corrected chi connectivity index (χ3v) is 2.82. The van der Waals surface area contributed by atoms with Gasteiger partial charge < -0.3 is 0 Å². The average molecular weight is 249 g/mol. The largest absolute Gasteiger partial charge is 0.298 e. The number of hydrogen-bond donors (Lipinski definition) is 0. The fourth-order valence-electron chi connectivity index (χ4n) is 1.90. The van der Waals surface area contributed by atoms with E-state index in [1.54, 1.807) is 29.2 Å². The van der Waals surface area contributed by atoms with Gasteiger partial charge in [-0.2, -0.15) is 5.10 Å². The molecule has 0 unspecified atom stereocenters. The van der Waals surface area contributed by atoms with Gasteiger partial charge in [0.2, 0.25) is 0 Å². The fourth-order valence-corrected chi connectivity index (χ4v) is 1.90. The normalized spacial score (nSPS) is 10.3. The lowest BCUT2D eigenvalue weighted by Crippen LogP contribution is -2.02. The van der Waals surface area contributed by atoms with Crippen LogP contribution in [0.3, 0.4) is 0 Å². The molecule has 0 aliphatic heterocycles. The highest BCUT2D eigenvalue weighted by Gasteiger charge is 2.07. The van der Waals surface area contributed by atoms with E-state index in [2.05, 4.69) is 10.1 Å². The number of aldehydes is 1. The summed E-state index contributed by atoms with van der Waals surface area (Å²) in [5.41, 5.74) is 2.40. The van der Waals surface area contributed by atoms with Crippen molar-refractivity contribution in [1.82, 2.24) is 14.8 Å². The van der Waals surface area contributed by atoms with E-state index in [0.29, 0.717) is 11.4 Å². The van der Waals surface area contributed by atoms with Crippen LogP contribution in [0.1, 0.15) is 10.4 Å². The summed E-state index contributed by atoms with van der Waals surface area (Å²) in [7, 11) is 0. The Labute approximate surface area is 110 Å². The van der Waals surface area contributed by atoms with Gasteiger partial charge in [0.1, 0.15) is 0 Å². The van der Waals surface area contributed by atoms with Crippen LogP contribution in [-0.2, 0) is 0 Å². The summed E-state index contributed by atoms with van der Waals surface area (Å²) in [4.78, 5) is 15.2. The minimum Gasteiger partial charge on any atom is -0.298 e. The predicted molar refractivity (Wildman–Crippen MR) is 72.2 cm³/mol. The molecule has 0 spiro atoms. The molecule has 0 bridgehead atoms. The number of nitrogens with zero attached hydrogens (tertiary/aromatic N) is 3. The maximum absolute atomic E-state index is 11.0. The molecule has 0 saturated carbocycles. The lowest BCUT2D eigenvalue weighted by Gasteiger charge is -2.02. The van der Waals surface area contributed by atoms with Gasteiger partial charge in [0.15, 0.2) is 12.1 Å². The van der Waals surface area contributed by atoms with Gasteiger partial charge in [-0.15, -0.1) is 0 Å². The first-order valence-corrected chi connectivity index (χ1v) is 5.90. The number of rotatable bonds is 3. The van der Waals surface area contributed by atoms with E-state index in [0.717, 1.165) is 17.5 Å². The third-order valence-electron chi connectivity index (χ3n) is 2.82. The molecule has 0 aliphatic carbocycles. The minimum absolute atomic E-state index is 0.519.